The number of hydrogen-bond acceptors (Lipinski definition) is 1. The van der Waals surface area contributed by atoms with Gasteiger partial charge in [0.2, 0.25) is 0 Å². The van der Waals surface area contributed by atoms with Gasteiger partial charge in [-0.25, -0.2) is 0 Å². The minimum Gasteiger partial charge on any atom is -0.311 e. The monoisotopic (exact) mass is 677 g/mol. The summed E-state index contributed by atoms with van der Waals surface area (Å²) in [5.74, 6) is 0. The summed E-state index contributed by atoms with van der Waals surface area (Å²) in [6.07, 6.45) is 0.948. The van der Waals surface area contributed by atoms with Crippen LogP contribution in [0.5, 0.6) is 0 Å². The Kier molecular flexibility index (Phi) is 7.30. The molecule has 10 rings (SSSR count). The van der Waals surface area contributed by atoms with Gasteiger partial charge in [0, 0.05) is 22.5 Å². The van der Waals surface area contributed by atoms with Gasteiger partial charge in [0.05, 0.1) is 0 Å². The smallest absolute Gasteiger partial charge is 0.0462 e. The van der Waals surface area contributed by atoms with Gasteiger partial charge in [0.15, 0.2) is 0 Å². The molecule has 2 aliphatic rings. The van der Waals surface area contributed by atoms with Crippen molar-refractivity contribution >= 4 is 17.1 Å². The quantitative estimate of drug-likeness (QED) is 0.169. The first-order valence-corrected chi connectivity index (χ1v) is 18.6. The highest BCUT2D eigenvalue weighted by Gasteiger charge is 2.38. The van der Waals surface area contributed by atoms with E-state index in [1.807, 2.05) is 0 Å². The predicted octanol–water partition coefficient (Wildman–Crippen LogP) is 14.0. The zero-order valence-corrected chi connectivity index (χ0v) is 30.1. The van der Waals surface area contributed by atoms with E-state index in [4.69, 9.17) is 0 Å². The first-order valence-electron chi connectivity index (χ1n) is 18.6. The van der Waals surface area contributed by atoms with Crippen LogP contribution in [0, 0.1) is 0 Å². The van der Waals surface area contributed by atoms with Crippen LogP contribution >= 0.6 is 0 Å². The number of fused-ring (bicyclic) bond motifs is 7. The van der Waals surface area contributed by atoms with Crippen molar-refractivity contribution in [2.45, 2.75) is 25.7 Å². The number of hydrogen-bond donors (Lipinski definition) is 0. The number of nitrogens with zero attached hydrogens (tertiary/aromatic N) is 1. The molecule has 0 atom stereocenters. The normalized spacial score (nSPS) is 13.2. The lowest BCUT2D eigenvalue weighted by atomic mass is 9.82. The molecule has 8 aromatic carbocycles. The van der Waals surface area contributed by atoms with E-state index in [0.717, 1.165) is 23.5 Å². The average Bonchev–Trinajstić information content (AvgIpc) is 3.72. The topological polar surface area (TPSA) is 3.24 Å². The zero-order valence-electron chi connectivity index (χ0n) is 30.1. The van der Waals surface area contributed by atoms with Gasteiger partial charge in [-0.1, -0.05) is 166 Å². The van der Waals surface area contributed by atoms with E-state index in [9.17, 15) is 0 Å². The summed E-state index contributed by atoms with van der Waals surface area (Å²) in [6, 6.07) is 68.8. The van der Waals surface area contributed by atoms with Crippen molar-refractivity contribution in [2.24, 2.45) is 0 Å². The summed E-state index contributed by atoms with van der Waals surface area (Å²) >= 11 is 0. The summed E-state index contributed by atoms with van der Waals surface area (Å²) in [6.45, 7) is 4.75. The van der Waals surface area contributed by atoms with Crippen LogP contribution in [0.2, 0.25) is 0 Å². The SMILES string of the molecule is CC1(C)c2ccccc2-c2c1ccc1c2Cc2c(-c3ccc(N(c4ccc(-c5ccccc5)cc4)c4ccc(-c5ccccc5)cc4)cc3)cccc2-1. The summed E-state index contributed by atoms with van der Waals surface area (Å²) < 4.78 is 0. The molecule has 1 heteroatoms. The molecule has 0 unspecified atom stereocenters. The van der Waals surface area contributed by atoms with Crippen molar-refractivity contribution < 1.29 is 0 Å². The Hall–Kier alpha value is -6.44. The number of rotatable bonds is 6. The van der Waals surface area contributed by atoms with E-state index >= 15 is 0 Å². The molecule has 1 nitrogen and oxygen atoms in total. The van der Waals surface area contributed by atoms with Gasteiger partial charge in [-0.3, -0.25) is 0 Å². The van der Waals surface area contributed by atoms with E-state index < -0.39 is 0 Å². The van der Waals surface area contributed by atoms with Crippen LogP contribution in [0.1, 0.15) is 36.1 Å². The second kappa shape index (κ2) is 12.4. The van der Waals surface area contributed by atoms with Crippen molar-refractivity contribution in [1.82, 2.24) is 0 Å². The molecule has 0 spiro atoms. The van der Waals surface area contributed by atoms with Crippen LogP contribution in [0.15, 0.2) is 188 Å². The van der Waals surface area contributed by atoms with Gasteiger partial charge in [-0.2, -0.15) is 0 Å². The highest BCUT2D eigenvalue weighted by Crippen LogP contribution is 2.55. The molecule has 0 N–H and O–H groups in total. The molecule has 0 aromatic heterocycles. The van der Waals surface area contributed by atoms with Crippen molar-refractivity contribution in [3.05, 3.63) is 210 Å². The van der Waals surface area contributed by atoms with Crippen molar-refractivity contribution in [3.8, 4) is 55.6 Å². The molecular formula is C52H39N. The van der Waals surface area contributed by atoms with Gasteiger partial charge in [0.1, 0.15) is 0 Å². The van der Waals surface area contributed by atoms with Crippen molar-refractivity contribution in [3.63, 3.8) is 0 Å². The standard InChI is InChI=1S/C52H39N/c1-52(2)49-19-10-9-16-46(49)51-48-34-47-43(17-11-18-44(47)45(48)32-33-50(51)52)39-24-30-42(31-25-39)53(40-26-20-37(21-27-40)35-12-5-3-6-13-35)41-28-22-38(23-29-41)36-14-7-4-8-15-36/h3-33H,34H2,1-2H3. The highest BCUT2D eigenvalue weighted by atomic mass is 15.1. The van der Waals surface area contributed by atoms with E-state index in [0.29, 0.717) is 0 Å². The van der Waals surface area contributed by atoms with E-state index in [1.165, 1.54) is 77.9 Å². The maximum Gasteiger partial charge on any atom is 0.0462 e. The molecule has 0 heterocycles. The van der Waals surface area contributed by atoms with Crippen LogP contribution in [-0.2, 0) is 11.8 Å². The fourth-order valence-corrected chi connectivity index (χ4v) is 8.88. The molecule has 8 aromatic rings. The Morgan fingerprint density at radius 3 is 1.38 bits per heavy atom. The fourth-order valence-electron chi connectivity index (χ4n) is 8.88. The lowest BCUT2D eigenvalue weighted by Crippen LogP contribution is -2.14. The Morgan fingerprint density at radius 2 is 0.792 bits per heavy atom. The lowest BCUT2D eigenvalue weighted by Gasteiger charge is -2.26. The third-order valence-corrected chi connectivity index (χ3v) is 11.6. The van der Waals surface area contributed by atoms with Crippen LogP contribution in [0.4, 0.5) is 17.1 Å². The van der Waals surface area contributed by atoms with Gasteiger partial charge in [0.25, 0.3) is 0 Å². The minimum atomic E-state index is 0.00397. The number of anilines is 3. The second-order valence-electron chi connectivity index (χ2n) is 14.9. The second-order valence-corrected chi connectivity index (χ2v) is 14.9. The molecule has 0 bridgehead atoms. The average molecular weight is 678 g/mol. The van der Waals surface area contributed by atoms with Crippen LogP contribution in [-0.4, -0.2) is 0 Å². The van der Waals surface area contributed by atoms with E-state index in [-0.39, 0.29) is 5.41 Å². The van der Waals surface area contributed by atoms with Crippen LogP contribution < -0.4 is 4.90 Å². The van der Waals surface area contributed by atoms with Crippen molar-refractivity contribution in [2.75, 3.05) is 4.90 Å². The largest absolute Gasteiger partial charge is 0.311 e. The molecule has 2 aliphatic carbocycles. The fraction of sp³-hybridized carbons (Fsp3) is 0.0769. The molecule has 0 saturated heterocycles. The summed E-state index contributed by atoms with van der Waals surface area (Å²) in [7, 11) is 0. The predicted molar refractivity (Wildman–Crippen MR) is 223 cm³/mol. The van der Waals surface area contributed by atoms with Crippen molar-refractivity contribution in [1.29, 1.82) is 0 Å². The Balaban J connectivity index is 1.02. The lowest BCUT2D eigenvalue weighted by molar-refractivity contribution is 0.660. The van der Waals surface area contributed by atoms with Gasteiger partial charge in [-0.05, 0) is 121 Å². The third-order valence-electron chi connectivity index (χ3n) is 11.6. The molecule has 0 aliphatic heterocycles. The molecule has 53 heavy (non-hydrogen) atoms. The molecule has 0 saturated carbocycles. The molecule has 0 radical (unpaired) electrons. The molecular weight excluding hydrogens is 639 g/mol. The Labute approximate surface area is 312 Å². The first-order chi connectivity index (χ1) is 26.0. The van der Waals surface area contributed by atoms with Gasteiger partial charge in [-0.15, -0.1) is 0 Å². The van der Waals surface area contributed by atoms with Crippen LogP contribution in [0.3, 0.4) is 0 Å². The van der Waals surface area contributed by atoms with Gasteiger partial charge < -0.3 is 4.90 Å². The molecule has 0 amide bonds. The summed E-state index contributed by atoms with van der Waals surface area (Å²) in [4.78, 5) is 2.36. The van der Waals surface area contributed by atoms with E-state index in [1.54, 1.807) is 0 Å². The third kappa shape index (κ3) is 5.15. The Morgan fingerprint density at radius 1 is 0.340 bits per heavy atom. The maximum atomic E-state index is 2.39. The maximum absolute atomic E-state index is 2.39. The Bertz CT molecular complexity index is 2530. The highest BCUT2D eigenvalue weighted by molar-refractivity contribution is 5.94. The number of benzene rings is 8. The molecule has 252 valence electrons. The first kappa shape index (κ1) is 31.3. The zero-order chi connectivity index (χ0) is 35.5. The molecule has 0 fully saturated rings. The van der Waals surface area contributed by atoms with E-state index in [2.05, 4.69) is 207 Å². The minimum absolute atomic E-state index is 0.00397. The van der Waals surface area contributed by atoms with Gasteiger partial charge >= 0.3 is 0 Å². The van der Waals surface area contributed by atoms with Crippen LogP contribution in [0.25, 0.3) is 55.6 Å². The summed E-state index contributed by atoms with van der Waals surface area (Å²) in [5, 5.41) is 0. The summed E-state index contributed by atoms with van der Waals surface area (Å²) in [5.41, 5.74) is 22.2.